The van der Waals surface area contributed by atoms with Crippen molar-refractivity contribution in [1.82, 2.24) is 25.1 Å². The summed E-state index contributed by atoms with van der Waals surface area (Å²) in [7, 11) is 1.75. The van der Waals surface area contributed by atoms with Crippen LogP contribution in [0, 0.1) is 5.92 Å². The van der Waals surface area contributed by atoms with Gasteiger partial charge in [-0.05, 0) is 23.5 Å². The van der Waals surface area contributed by atoms with Gasteiger partial charge in [0.1, 0.15) is 12.2 Å². The molecular weight excluding hydrogens is 442 g/mol. The van der Waals surface area contributed by atoms with Crippen molar-refractivity contribution in [3.63, 3.8) is 0 Å². The largest absolute Gasteiger partial charge is 0.337 e. The fraction of sp³-hybridized carbons (Fsp3) is 0.444. The maximum absolute atomic E-state index is 13.6. The highest BCUT2D eigenvalue weighted by Crippen LogP contribution is 2.28. The minimum absolute atomic E-state index is 0.0415. The number of carbonyl (C=O) groups is 3. The van der Waals surface area contributed by atoms with Crippen molar-refractivity contribution in [2.75, 3.05) is 26.7 Å². The highest BCUT2D eigenvalue weighted by atomic mass is 16.2. The maximum atomic E-state index is 13.6. The lowest BCUT2D eigenvalue weighted by Gasteiger charge is -2.54. The maximum Gasteiger partial charge on any atom is 0.334 e. The number of amides is 4. The first-order chi connectivity index (χ1) is 16.8. The van der Waals surface area contributed by atoms with Crippen molar-refractivity contribution in [3.8, 4) is 0 Å². The van der Waals surface area contributed by atoms with Crippen LogP contribution in [0.4, 0.5) is 4.79 Å². The number of likely N-dealkylation sites (N-methyl/N-ethyl adjacent to an activating group) is 1. The van der Waals surface area contributed by atoms with E-state index in [0.717, 1.165) is 17.5 Å². The van der Waals surface area contributed by atoms with Crippen LogP contribution in [0.2, 0.25) is 0 Å². The molecule has 2 aromatic carbocycles. The minimum atomic E-state index is -0.645. The third-order valence-corrected chi connectivity index (χ3v) is 6.68. The molecule has 0 bridgehead atoms. The van der Waals surface area contributed by atoms with Gasteiger partial charge in [0.2, 0.25) is 11.8 Å². The number of hydrazine groups is 1. The summed E-state index contributed by atoms with van der Waals surface area (Å²) in [5, 5.41) is 6.27. The van der Waals surface area contributed by atoms with Crippen molar-refractivity contribution in [1.29, 1.82) is 0 Å². The van der Waals surface area contributed by atoms with Gasteiger partial charge in [-0.3, -0.25) is 9.59 Å². The van der Waals surface area contributed by atoms with Gasteiger partial charge in [0, 0.05) is 26.6 Å². The van der Waals surface area contributed by atoms with Gasteiger partial charge in [0.25, 0.3) is 0 Å². The standard InChI is InChI=1S/C27H35N5O3/c1-20(2)14-15-30-18-24-31(23(26(30)34)16-21-10-6-4-7-11-21)25(33)19-29(3)32(24)27(35)28-17-22-12-8-5-9-13-22/h4-13,20,23-24H,14-19H2,1-3H3,(H,28,35)/t23-,24?/m0/s1. The molecule has 2 aliphatic heterocycles. The Hall–Kier alpha value is -3.39. The van der Waals surface area contributed by atoms with Gasteiger partial charge in [-0.2, -0.15) is 0 Å². The topological polar surface area (TPSA) is 76.2 Å². The normalized spacial score (nSPS) is 20.9. The first-order valence-electron chi connectivity index (χ1n) is 12.3. The number of piperazine rings is 1. The van der Waals surface area contributed by atoms with E-state index in [1.807, 2.05) is 65.6 Å². The van der Waals surface area contributed by atoms with Gasteiger partial charge in [-0.15, -0.1) is 0 Å². The molecule has 0 spiro atoms. The number of nitrogens with one attached hydrogen (secondary N) is 1. The third-order valence-electron chi connectivity index (χ3n) is 6.68. The zero-order valence-electron chi connectivity index (χ0n) is 20.8. The van der Waals surface area contributed by atoms with Gasteiger partial charge in [-0.25, -0.2) is 14.8 Å². The zero-order chi connectivity index (χ0) is 24.9. The second-order valence-electron chi connectivity index (χ2n) is 9.76. The predicted octanol–water partition coefficient (Wildman–Crippen LogP) is 2.71. The van der Waals surface area contributed by atoms with Crippen molar-refractivity contribution in [2.45, 2.75) is 45.4 Å². The second-order valence-corrected chi connectivity index (χ2v) is 9.76. The van der Waals surface area contributed by atoms with Crippen LogP contribution in [0.3, 0.4) is 0 Å². The number of nitrogens with zero attached hydrogens (tertiary/aromatic N) is 4. The highest BCUT2D eigenvalue weighted by Gasteiger charge is 2.50. The van der Waals surface area contributed by atoms with Crippen LogP contribution in [-0.4, -0.2) is 76.6 Å². The Balaban J connectivity index is 1.61. The summed E-state index contributed by atoms with van der Waals surface area (Å²) in [6, 6.07) is 18.5. The van der Waals surface area contributed by atoms with Crippen LogP contribution in [0.1, 0.15) is 31.4 Å². The van der Waals surface area contributed by atoms with E-state index in [9.17, 15) is 14.4 Å². The predicted molar refractivity (Wildman–Crippen MR) is 134 cm³/mol. The number of urea groups is 1. The molecule has 2 fully saturated rings. The molecule has 2 atom stereocenters. The molecule has 186 valence electrons. The van der Waals surface area contributed by atoms with Crippen LogP contribution in [0.25, 0.3) is 0 Å². The fourth-order valence-corrected chi connectivity index (χ4v) is 4.81. The van der Waals surface area contributed by atoms with Crippen molar-refractivity contribution < 1.29 is 14.4 Å². The van der Waals surface area contributed by atoms with E-state index in [1.54, 1.807) is 22.0 Å². The molecule has 8 heteroatoms. The summed E-state index contributed by atoms with van der Waals surface area (Å²) in [5.74, 6) is 0.255. The highest BCUT2D eigenvalue weighted by molar-refractivity contribution is 5.91. The molecule has 1 unspecified atom stereocenters. The van der Waals surface area contributed by atoms with E-state index in [-0.39, 0.29) is 24.4 Å². The molecule has 1 N–H and O–H groups in total. The summed E-state index contributed by atoms with van der Waals surface area (Å²) in [5.41, 5.74) is 1.98. The lowest BCUT2D eigenvalue weighted by atomic mass is 9.98. The van der Waals surface area contributed by atoms with Gasteiger partial charge < -0.3 is 15.1 Å². The first kappa shape index (κ1) is 24.7. The van der Waals surface area contributed by atoms with Gasteiger partial charge in [-0.1, -0.05) is 74.5 Å². The molecule has 4 amide bonds. The van der Waals surface area contributed by atoms with Crippen LogP contribution in [0.15, 0.2) is 60.7 Å². The van der Waals surface area contributed by atoms with Crippen molar-refractivity contribution >= 4 is 17.8 Å². The number of carbonyl (C=O) groups excluding carboxylic acids is 3. The SMILES string of the molecule is CC(C)CCN1CC2N(C(=O)CN(C)N2C(=O)NCc2ccccc2)[C@@H](Cc2ccccc2)C1=O. The molecule has 2 saturated heterocycles. The molecule has 4 rings (SSSR count). The Morgan fingerprint density at radius 2 is 1.63 bits per heavy atom. The Morgan fingerprint density at radius 1 is 1.00 bits per heavy atom. The lowest BCUT2D eigenvalue weighted by molar-refractivity contribution is -0.187. The lowest BCUT2D eigenvalue weighted by Crippen LogP contribution is -2.76. The first-order valence-corrected chi connectivity index (χ1v) is 12.3. The Labute approximate surface area is 207 Å². The summed E-state index contributed by atoms with van der Waals surface area (Å²) in [6.45, 7) is 5.58. The van der Waals surface area contributed by atoms with E-state index in [2.05, 4.69) is 19.2 Å². The number of fused-ring (bicyclic) bond motifs is 1. The van der Waals surface area contributed by atoms with Crippen LogP contribution < -0.4 is 5.32 Å². The van der Waals surface area contributed by atoms with Gasteiger partial charge in [0.05, 0.1) is 13.1 Å². The monoisotopic (exact) mass is 477 g/mol. The number of benzene rings is 2. The molecule has 0 radical (unpaired) electrons. The molecule has 2 aromatic rings. The summed E-state index contributed by atoms with van der Waals surface area (Å²) in [4.78, 5) is 43.7. The van der Waals surface area contributed by atoms with E-state index in [1.165, 1.54) is 0 Å². The molecule has 8 nitrogen and oxygen atoms in total. The van der Waals surface area contributed by atoms with Gasteiger partial charge >= 0.3 is 6.03 Å². The Bertz CT molecular complexity index is 1030. The zero-order valence-corrected chi connectivity index (χ0v) is 20.8. The summed E-state index contributed by atoms with van der Waals surface area (Å²) >= 11 is 0. The molecule has 0 aliphatic carbocycles. The van der Waals surface area contributed by atoms with E-state index < -0.39 is 12.2 Å². The number of rotatable bonds is 7. The third kappa shape index (κ3) is 5.65. The summed E-state index contributed by atoms with van der Waals surface area (Å²) < 4.78 is 0. The van der Waals surface area contributed by atoms with E-state index in [0.29, 0.717) is 32.0 Å². The molecular formula is C27H35N5O3. The number of hydrogen-bond donors (Lipinski definition) is 1. The quantitative estimate of drug-likeness (QED) is 0.665. The van der Waals surface area contributed by atoms with E-state index in [4.69, 9.17) is 0 Å². The Kier molecular flexibility index (Phi) is 7.70. The van der Waals surface area contributed by atoms with Crippen molar-refractivity contribution in [2.24, 2.45) is 5.92 Å². The van der Waals surface area contributed by atoms with E-state index >= 15 is 0 Å². The van der Waals surface area contributed by atoms with Crippen LogP contribution >= 0.6 is 0 Å². The number of hydrogen-bond acceptors (Lipinski definition) is 4. The van der Waals surface area contributed by atoms with Crippen molar-refractivity contribution in [3.05, 3.63) is 71.8 Å². The fourth-order valence-electron chi connectivity index (χ4n) is 4.81. The van der Waals surface area contributed by atoms with Crippen LogP contribution in [-0.2, 0) is 22.6 Å². The summed E-state index contributed by atoms with van der Waals surface area (Å²) in [6.07, 6.45) is 0.722. The second kappa shape index (κ2) is 10.9. The molecule has 0 saturated carbocycles. The molecule has 2 aliphatic rings. The molecule has 2 heterocycles. The Morgan fingerprint density at radius 3 is 2.26 bits per heavy atom. The van der Waals surface area contributed by atoms with Gasteiger partial charge in [0.15, 0.2) is 0 Å². The average Bonchev–Trinajstić information content (AvgIpc) is 2.84. The average molecular weight is 478 g/mol. The smallest absolute Gasteiger partial charge is 0.334 e. The minimum Gasteiger partial charge on any atom is -0.337 e. The molecule has 35 heavy (non-hydrogen) atoms. The van der Waals surface area contributed by atoms with Crippen LogP contribution in [0.5, 0.6) is 0 Å². The molecule has 0 aromatic heterocycles.